The Labute approximate surface area is 160 Å². The van der Waals surface area contributed by atoms with Gasteiger partial charge in [0.05, 0.1) is 23.7 Å². The van der Waals surface area contributed by atoms with E-state index in [1.807, 2.05) is 4.90 Å². The topological polar surface area (TPSA) is 81.8 Å². The number of carbonyl (C=O) groups excluding carboxylic acids is 3. The van der Waals surface area contributed by atoms with Crippen LogP contribution in [0.1, 0.15) is 36.0 Å². The predicted octanol–water partition coefficient (Wildman–Crippen LogP) is 1.32. The zero-order valence-electron chi connectivity index (χ0n) is 16.0. The van der Waals surface area contributed by atoms with Crippen LogP contribution in [0.4, 0.5) is 5.69 Å². The van der Waals surface area contributed by atoms with E-state index < -0.39 is 0 Å². The molecule has 1 heterocycles. The molecule has 27 heavy (non-hydrogen) atoms. The van der Waals surface area contributed by atoms with Crippen LogP contribution in [0.5, 0.6) is 0 Å². The molecule has 3 rings (SSSR count). The normalized spacial score (nSPS) is 20.0. The molecule has 1 unspecified atom stereocenters. The fraction of sp³-hybridized carbons (Fsp3) is 0.550. The van der Waals surface area contributed by atoms with Gasteiger partial charge >= 0.3 is 0 Å². The lowest BCUT2D eigenvalue weighted by molar-refractivity contribution is -0.135. The maximum absolute atomic E-state index is 12.5. The van der Waals surface area contributed by atoms with Crippen LogP contribution in [-0.4, -0.2) is 67.3 Å². The van der Waals surface area contributed by atoms with Crippen molar-refractivity contribution in [2.45, 2.75) is 31.7 Å². The molecular weight excluding hydrogens is 344 g/mol. The van der Waals surface area contributed by atoms with Crippen molar-refractivity contribution in [3.63, 3.8) is 0 Å². The lowest BCUT2D eigenvalue weighted by Gasteiger charge is -2.32. The lowest BCUT2D eigenvalue weighted by atomic mass is 9.97. The van der Waals surface area contributed by atoms with E-state index >= 15 is 0 Å². The number of rotatable bonds is 6. The minimum Gasteiger partial charge on any atom is -0.349 e. The van der Waals surface area contributed by atoms with Crippen molar-refractivity contribution in [2.75, 3.05) is 39.0 Å². The number of hydrogen-bond donors (Lipinski definition) is 2. The zero-order chi connectivity index (χ0) is 19.4. The summed E-state index contributed by atoms with van der Waals surface area (Å²) in [5.41, 5.74) is 1.01. The van der Waals surface area contributed by atoms with E-state index in [9.17, 15) is 14.4 Å². The van der Waals surface area contributed by atoms with E-state index in [0.29, 0.717) is 17.8 Å². The molecular formula is C20H28N4O3. The molecule has 1 aromatic carbocycles. The third-order valence-electron chi connectivity index (χ3n) is 5.02. The van der Waals surface area contributed by atoms with Gasteiger partial charge in [-0.3, -0.25) is 19.3 Å². The van der Waals surface area contributed by atoms with Gasteiger partial charge < -0.3 is 15.5 Å². The largest absolute Gasteiger partial charge is 0.349 e. The molecule has 7 nitrogen and oxygen atoms in total. The lowest BCUT2D eigenvalue weighted by Crippen LogP contribution is -2.45. The van der Waals surface area contributed by atoms with Crippen molar-refractivity contribution in [1.82, 2.24) is 15.1 Å². The van der Waals surface area contributed by atoms with Crippen molar-refractivity contribution >= 4 is 23.4 Å². The number of nitrogens with zero attached hydrogens (tertiary/aromatic N) is 2. The van der Waals surface area contributed by atoms with Crippen LogP contribution < -0.4 is 10.6 Å². The summed E-state index contributed by atoms with van der Waals surface area (Å²) in [5, 5.41) is 5.81. The second-order valence-electron chi connectivity index (χ2n) is 7.65. The van der Waals surface area contributed by atoms with E-state index in [2.05, 4.69) is 10.6 Å². The standard InChI is InChI=1S/C20H28N4O3/c1-23(2)20(27)14-6-5-11-24(12-14)13-18(25)22-17-8-4-3-7-16(17)19(26)21-15-9-10-15/h3-4,7-8,14-15H,5-6,9-13H2,1-2H3,(H,21,26)(H,22,25). The molecule has 2 aliphatic rings. The molecule has 3 amide bonds. The van der Waals surface area contributed by atoms with Crippen LogP contribution in [0.15, 0.2) is 24.3 Å². The van der Waals surface area contributed by atoms with Crippen molar-refractivity contribution in [1.29, 1.82) is 0 Å². The summed E-state index contributed by atoms with van der Waals surface area (Å²) in [5.74, 6) is -0.261. The molecule has 1 atom stereocenters. The van der Waals surface area contributed by atoms with E-state index in [-0.39, 0.29) is 36.2 Å². The molecule has 0 bridgehead atoms. The van der Waals surface area contributed by atoms with Gasteiger partial charge in [-0.2, -0.15) is 0 Å². The van der Waals surface area contributed by atoms with Gasteiger partial charge in [0, 0.05) is 26.7 Å². The van der Waals surface area contributed by atoms with Crippen molar-refractivity contribution in [2.24, 2.45) is 5.92 Å². The Morgan fingerprint density at radius 1 is 1.15 bits per heavy atom. The first-order chi connectivity index (χ1) is 12.9. The summed E-state index contributed by atoms with van der Waals surface area (Å²) < 4.78 is 0. The van der Waals surface area contributed by atoms with Gasteiger partial charge in [0.25, 0.3) is 5.91 Å². The number of benzene rings is 1. The maximum Gasteiger partial charge on any atom is 0.253 e. The predicted molar refractivity (Wildman–Crippen MR) is 103 cm³/mol. The van der Waals surface area contributed by atoms with E-state index in [4.69, 9.17) is 0 Å². The molecule has 2 N–H and O–H groups in total. The van der Waals surface area contributed by atoms with Gasteiger partial charge in [-0.05, 0) is 44.4 Å². The highest BCUT2D eigenvalue weighted by molar-refractivity contribution is 6.04. The first kappa shape index (κ1) is 19.4. The summed E-state index contributed by atoms with van der Waals surface area (Å²) in [7, 11) is 3.52. The maximum atomic E-state index is 12.5. The fourth-order valence-corrected chi connectivity index (χ4v) is 3.44. The molecule has 0 aromatic heterocycles. The number of amides is 3. The zero-order valence-corrected chi connectivity index (χ0v) is 16.0. The molecule has 2 fully saturated rings. The fourth-order valence-electron chi connectivity index (χ4n) is 3.44. The molecule has 7 heteroatoms. The minimum atomic E-state index is -0.167. The Kier molecular flexibility index (Phi) is 6.11. The highest BCUT2D eigenvalue weighted by Gasteiger charge is 2.28. The first-order valence-electron chi connectivity index (χ1n) is 9.57. The number of likely N-dealkylation sites (tertiary alicyclic amines) is 1. The Hall–Kier alpha value is -2.41. The molecule has 1 saturated heterocycles. The second-order valence-corrected chi connectivity index (χ2v) is 7.65. The summed E-state index contributed by atoms with van der Waals surface area (Å²) >= 11 is 0. The average molecular weight is 372 g/mol. The monoisotopic (exact) mass is 372 g/mol. The molecule has 1 saturated carbocycles. The number of carbonyl (C=O) groups is 3. The third kappa shape index (κ3) is 5.29. The number of hydrogen-bond acceptors (Lipinski definition) is 4. The summed E-state index contributed by atoms with van der Waals surface area (Å²) in [6, 6.07) is 7.32. The van der Waals surface area contributed by atoms with Gasteiger partial charge in [0.15, 0.2) is 0 Å². The quantitative estimate of drug-likeness (QED) is 0.789. The molecule has 1 aliphatic carbocycles. The van der Waals surface area contributed by atoms with Crippen LogP contribution in [-0.2, 0) is 9.59 Å². The smallest absolute Gasteiger partial charge is 0.253 e. The number of anilines is 1. The number of nitrogens with one attached hydrogen (secondary N) is 2. The van der Waals surface area contributed by atoms with Gasteiger partial charge in [-0.15, -0.1) is 0 Å². The summed E-state index contributed by atoms with van der Waals surface area (Å²) in [4.78, 5) is 40.7. The highest BCUT2D eigenvalue weighted by Crippen LogP contribution is 2.22. The third-order valence-corrected chi connectivity index (χ3v) is 5.02. The second kappa shape index (κ2) is 8.52. The molecule has 0 radical (unpaired) electrons. The summed E-state index contributed by atoms with van der Waals surface area (Å²) in [6.07, 6.45) is 3.79. The van der Waals surface area contributed by atoms with Crippen LogP contribution in [0, 0.1) is 5.92 Å². The number of para-hydroxylation sites is 1. The van der Waals surface area contributed by atoms with Crippen molar-refractivity contribution in [3.05, 3.63) is 29.8 Å². The Balaban J connectivity index is 1.57. The van der Waals surface area contributed by atoms with Gasteiger partial charge in [0.1, 0.15) is 0 Å². The Morgan fingerprint density at radius 2 is 1.89 bits per heavy atom. The molecule has 1 aromatic rings. The minimum absolute atomic E-state index is 0.0573. The Bertz CT molecular complexity index is 715. The number of piperidine rings is 1. The van der Waals surface area contributed by atoms with Gasteiger partial charge in [0.2, 0.25) is 11.8 Å². The van der Waals surface area contributed by atoms with E-state index in [1.165, 1.54) is 0 Å². The molecule has 0 spiro atoms. The summed E-state index contributed by atoms with van der Waals surface area (Å²) in [6.45, 7) is 1.61. The van der Waals surface area contributed by atoms with E-state index in [1.54, 1.807) is 43.3 Å². The highest BCUT2D eigenvalue weighted by atomic mass is 16.2. The van der Waals surface area contributed by atoms with Crippen LogP contribution >= 0.6 is 0 Å². The first-order valence-corrected chi connectivity index (χ1v) is 9.57. The van der Waals surface area contributed by atoms with Gasteiger partial charge in [-0.1, -0.05) is 12.1 Å². The average Bonchev–Trinajstić information content (AvgIpc) is 3.45. The molecule has 1 aliphatic heterocycles. The van der Waals surface area contributed by atoms with Crippen LogP contribution in [0.2, 0.25) is 0 Å². The van der Waals surface area contributed by atoms with Crippen molar-refractivity contribution < 1.29 is 14.4 Å². The van der Waals surface area contributed by atoms with Gasteiger partial charge in [-0.25, -0.2) is 0 Å². The van der Waals surface area contributed by atoms with E-state index in [0.717, 1.165) is 32.2 Å². The van der Waals surface area contributed by atoms with Crippen LogP contribution in [0.3, 0.4) is 0 Å². The van der Waals surface area contributed by atoms with Crippen molar-refractivity contribution in [3.8, 4) is 0 Å². The Morgan fingerprint density at radius 3 is 2.59 bits per heavy atom. The van der Waals surface area contributed by atoms with Crippen LogP contribution in [0.25, 0.3) is 0 Å². The SMILES string of the molecule is CN(C)C(=O)C1CCCN(CC(=O)Nc2ccccc2C(=O)NC2CC2)C1. The molecule has 146 valence electrons.